The first-order valence-corrected chi connectivity index (χ1v) is 9.32. The Bertz CT molecular complexity index is 1050. The third-order valence-electron chi connectivity index (χ3n) is 4.65. The molecule has 1 amide bonds. The summed E-state index contributed by atoms with van der Waals surface area (Å²) in [6.07, 6.45) is 0. The first-order chi connectivity index (χ1) is 14.0. The van der Waals surface area contributed by atoms with Crippen molar-refractivity contribution >= 4 is 16.9 Å². The lowest BCUT2D eigenvalue weighted by Gasteiger charge is -2.20. The third kappa shape index (κ3) is 5.42. The van der Waals surface area contributed by atoms with E-state index in [4.69, 9.17) is 9.15 Å². The molecule has 1 aromatic heterocycles. The summed E-state index contributed by atoms with van der Waals surface area (Å²) in [7, 11) is 1.55. The van der Waals surface area contributed by atoms with Crippen LogP contribution in [0.25, 0.3) is 11.0 Å². The summed E-state index contributed by atoms with van der Waals surface area (Å²) in [5.41, 5.74) is 1.61. The van der Waals surface area contributed by atoms with Gasteiger partial charge in [-0.1, -0.05) is 19.1 Å². The number of benzene rings is 2. The van der Waals surface area contributed by atoms with E-state index in [1.807, 2.05) is 17.9 Å². The normalized spacial score (nSPS) is 11.0. The molecule has 0 bridgehead atoms. The zero-order valence-corrected chi connectivity index (χ0v) is 16.4. The lowest BCUT2D eigenvalue weighted by atomic mass is 10.1. The minimum absolute atomic E-state index is 0.148. The highest BCUT2D eigenvalue weighted by Gasteiger charge is 2.13. The average molecular weight is 398 g/mol. The molecule has 7 heteroatoms. The van der Waals surface area contributed by atoms with Crippen molar-refractivity contribution in [3.05, 3.63) is 75.9 Å². The fraction of sp³-hybridized carbons (Fsp3) is 0.273. The molecule has 0 aliphatic rings. The molecule has 0 saturated carbocycles. The molecule has 0 spiro atoms. The Hall–Kier alpha value is -3.19. The Balaban J connectivity index is 1.68. The summed E-state index contributed by atoms with van der Waals surface area (Å²) in [6.45, 7) is 3.50. The Morgan fingerprint density at radius 2 is 1.93 bits per heavy atom. The number of nitrogens with one attached hydrogen (secondary N) is 1. The van der Waals surface area contributed by atoms with Crippen molar-refractivity contribution in [1.82, 2.24) is 10.2 Å². The fourth-order valence-electron chi connectivity index (χ4n) is 3.05. The average Bonchev–Trinajstić information content (AvgIpc) is 2.72. The van der Waals surface area contributed by atoms with Crippen molar-refractivity contribution in [2.75, 3.05) is 20.2 Å². The van der Waals surface area contributed by atoms with Gasteiger partial charge in [-0.3, -0.25) is 9.69 Å². The van der Waals surface area contributed by atoms with Crippen molar-refractivity contribution in [2.24, 2.45) is 0 Å². The molecule has 0 saturated heterocycles. The first-order valence-electron chi connectivity index (χ1n) is 9.32. The monoisotopic (exact) mass is 398 g/mol. The molecule has 0 fully saturated rings. The van der Waals surface area contributed by atoms with Gasteiger partial charge in [0.2, 0.25) is 5.91 Å². The maximum atomic E-state index is 13.0. The zero-order chi connectivity index (χ0) is 20.8. The van der Waals surface area contributed by atoms with E-state index in [2.05, 4.69) is 5.32 Å². The van der Waals surface area contributed by atoms with Crippen LogP contribution >= 0.6 is 0 Å². The molecule has 2 aromatic carbocycles. The zero-order valence-electron chi connectivity index (χ0n) is 16.4. The third-order valence-corrected chi connectivity index (χ3v) is 4.65. The fourth-order valence-corrected chi connectivity index (χ4v) is 3.05. The van der Waals surface area contributed by atoms with Gasteiger partial charge in [0, 0.05) is 30.6 Å². The molecule has 1 N–H and O–H groups in total. The Morgan fingerprint density at radius 3 is 2.62 bits per heavy atom. The van der Waals surface area contributed by atoms with E-state index < -0.39 is 5.63 Å². The maximum Gasteiger partial charge on any atom is 0.336 e. The van der Waals surface area contributed by atoms with Gasteiger partial charge in [0.25, 0.3) is 0 Å². The molecule has 3 aromatic rings. The van der Waals surface area contributed by atoms with Crippen LogP contribution in [0.1, 0.15) is 18.1 Å². The van der Waals surface area contributed by atoms with Gasteiger partial charge in [0.15, 0.2) is 0 Å². The number of carbonyl (C=O) groups is 1. The number of hydrogen-bond donors (Lipinski definition) is 1. The van der Waals surface area contributed by atoms with Crippen molar-refractivity contribution in [2.45, 2.75) is 20.0 Å². The second-order valence-electron chi connectivity index (χ2n) is 6.66. The summed E-state index contributed by atoms with van der Waals surface area (Å²) < 4.78 is 23.4. The van der Waals surface area contributed by atoms with Gasteiger partial charge in [-0.25, -0.2) is 9.18 Å². The predicted molar refractivity (Wildman–Crippen MR) is 108 cm³/mol. The van der Waals surface area contributed by atoms with E-state index in [1.165, 1.54) is 18.2 Å². The van der Waals surface area contributed by atoms with Crippen LogP contribution in [-0.4, -0.2) is 31.0 Å². The lowest BCUT2D eigenvalue weighted by molar-refractivity contribution is -0.122. The van der Waals surface area contributed by atoms with Gasteiger partial charge < -0.3 is 14.5 Å². The van der Waals surface area contributed by atoms with Gasteiger partial charge in [-0.2, -0.15) is 0 Å². The first kappa shape index (κ1) is 20.5. The molecule has 6 nitrogen and oxygen atoms in total. The summed E-state index contributed by atoms with van der Waals surface area (Å²) in [4.78, 5) is 26.2. The summed E-state index contributed by atoms with van der Waals surface area (Å²) in [6, 6.07) is 12.8. The van der Waals surface area contributed by atoms with Gasteiger partial charge in [-0.15, -0.1) is 0 Å². The minimum Gasteiger partial charge on any atom is -0.497 e. The Kier molecular flexibility index (Phi) is 6.61. The highest BCUT2D eigenvalue weighted by molar-refractivity contribution is 5.82. The highest BCUT2D eigenvalue weighted by atomic mass is 19.1. The van der Waals surface area contributed by atoms with Crippen molar-refractivity contribution < 1.29 is 18.3 Å². The van der Waals surface area contributed by atoms with E-state index in [0.717, 1.165) is 16.5 Å². The quantitative estimate of drug-likeness (QED) is 0.591. The van der Waals surface area contributed by atoms with Crippen molar-refractivity contribution in [3.8, 4) is 5.75 Å². The predicted octanol–water partition coefficient (Wildman–Crippen LogP) is 3.08. The molecular weight excluding hydrogens is 375 g/mol. The summed E-state index contributed by atoms with van der Waals surface area (Å²) in [5, 5.41) is 3.63. The van der Waals surface area contributed by atoms with E-state index in [-0.39, 0.29) is 18.3 Å². The van der Waals surface area contributed by atoms with E-state index in [9.17, 15) is 14.0 Å². The van der Waals surface area contributed by atoms with E-state index >= 15 is 0 Å². The van der Waals surface area contributed by atoms with Crippen LogP contribution in [0.5, 0.6) is 5.75 Å². The summed E-state index contributed by atoms with van der Waals surface area (Å²) in [5.74, 6) is 0.143. The molecule has 1 heterocycles. The van der Waals surface area contributed by atoms with Crippen LogP contribution in [-0.2, 0) is 17.9 Å². The number of hydrogen-bond acceptors (Lipinski definition) is 5. The highest BCUT2D eigenvalue weighted by Crippen LogP contribution is 2.23. The Labute approximate surface area is 167 Å². The van der Waals surface area contributed by atoms with Gasteiger partial charge in [-0.05, 0) is 41.9 Å². The summed E-state index contributed by atoms with van der Waals surface area (Å²) >= 11 is 0. The van der Waals surface area contributed by atoms with Crippen LogP contribution in [0.3, 0.4) is 0 Å². The number of ether oxygens (including phenoxy) is 1. The molecule has 29 heavy (non-hydrogen) atoms. The Morgan fingerprint density at radius 1 is 1.17 bits per heavy atom. The van der Waals surface area contributed by atoms with Crippen molar-refractivity contribution in [1.29, 1.82) is 0 Å². The molecule has 0 aliphatic heterocycles. The molecule has 0 unspecified atom stereocenters. The van der Waals surface area contributed by atoms with Crippen LogP contribution in [0.15, 0.2) is 57.7 Å². The molecular formula is C22H23FN2O4. The van der Waals surface area contributed by atoms with Gasteiger partial charge >= 0.3 is 5.63 Å². The standard InChI is InChI=1S/C22H23FN2O4/c1-3-25(14-21(26)24-12-15-4-6-17(23)7-5-15)13-16-10-22(27)29-20-11-18(28-2)8-9-19(16)20/h4-11H,3,12-14H2,1-2H3,(H,24,26). The second kappa shape index (κ2) is 9.34. The van der Waals surface area contributed by atoms with E-state index in [0.29, 0.717) is 31.0 Å². The topological polar surface area (TPSA) is 71.8 Å². The van der Waals surface area contributed by atoms with Gasteiger partial charge in [0.05, 0.1) is 13.7 Å². The van der Waals surface area contributed by atoms with Crippen LogP contribution in [0.2, 0.25) is 0 Å². The van der Waals surface area contributed by atoms with Crippen LogP contribution in [0, 0.1) is 5.82 Å². The minimum atomic E-state index is -0.447. The number of rotatable bonds is 8. The van der Waals surface area contributed by atoms with Crippen LogP contribution in [0.4, 0.5) is 4.39 Å². The molecule has 0 radical (unpaired) electrons. The molecule has 0 atom stereocenters. The van der Waals surface area contributed by atoms with Gasteiger partial charge in [0.1, 0.15) is 17.1 Å². The molecule has 152 valence electrons. The lowest BCUT2D eigenvalue weighted by Crippen LogP contribution is -2.36. The van der Waals surface area contributed by atoms with Crippen LogP contribution < -0.4 is 15.7 Å². The molecule has 0 aliphatic carbocycles. The number of halogens is 1. The maximum absolute atomic E-state index is 13.0. The smallest absolute Gasteiger partial charge is 0.336 e. The number of nitrogens with zero attached hydrogens (tertiary/aromatic N) is 1. The number of amides is 1. The number of likely N-dealkylation sites (N-methyl/N-ethyl adjacent to an activating group) is 1. The number of fused-ring (bicyclic) bond motifs is 1. The number of carbonyl (C=O) groups excluding carboxylic acids is 1. The van der Waals surface area contributed by atoms with Crippen molar-refractivity contribution in [3.63, 3.8) is 0 Å². The SMILES string of the molecule is CCN(CC(=O)NCc1ccc(F)cc1)Cc1cc(=O)oc2cc(OC)ccc12. The largest absolute Gasteiger partial charge is 0.497 e. The molecule has 3 rings (SSSR count). The second-order valence-corrected chi connectivity index (χ2v) is 6.66. The van der Waals surface area contributed by atoms with E-state index in [1.54, 1.807) is 31.4 Å². The number of methoxy groups -OCH3 is 1.